The van der Waals surface area contributed by atoms with Crippen LogP contribution in [0.15, 0.2) is 48.5 Å². The molecule has 0 unspecified atom stereocenters. The number of aromatic hydroxyl groups is 2. The van der Waals surface area contributed by atoms with Crippen LogP contribution in [0.5, 0.6) is 11.5 Å². The van der Waals surface area contributed by atoms with Crippen LogP contribution >= 0.6 is 0 Å². The van der Waals surface area contributed by atoms with Crippen LogP contribution in [-0.2, 0) is 26.2 Å². The normalized spacial score (nSPS) is 8.86. The van der Waals surface area contributed by atoms with Gasteiger partial charge in [-0.1, -0.05) is 24.3 Å². The van der Waals surface area contributed by atoms with E-state index in [2.05, 4.69) is 0 Å². The average molecular weight is 364 g/mol. The summed E-state index contributed by atoms with van der Waals surface area (Å²) in [7, 11) is 0. The Hall–Kier alpha value is -1.74. The van der Waals surface area contributed by atoms with Gasteiger partial charge in [-0.15, -0.1) is 0 Å². The molecule has 2 rings (SSSR count). The third-order valence-corrected chi connectivity index (χ3v) is 2.51. The van der Waals surface area contributed by atoms with Crippen LogP contribution < -0.4 is 0 Å². The first kappa shape index (κ1) is 19.3. The third kappa shape index (κ3) is 7.00. The Morgan fingerprint density at radius 2 is 1.10 bits per heavy atom. The Bertz CT molecular complexity index is 568. The van der Waals surface area contributed by atoms with Crippen LogP contribution in [0.3, 0.4) is 0 Å². The van der Waals surface area contributed by atoms with Crippen molar-refractivity contribution < 1.29 is 46.0 Å². The van der Waals surface area contributed by atoms with E-state index in [4.69, 9.17) is 10.2 Å². The van der Waals surface area contributed by atoms with Crippen LogP contribution in [-0.4, -0.2) is 21.8 Å². The molecule has 0 aliphatic rings. The Morgan fingerprint density at radius 3 is 1.29 bits per heavy atom. The smallest absolute Gasteiger partial charge is 0.159 e. The summed E-state index contributed by atoms with van der Waals surface area (Å²) >= 11 is 0. The number of Topliss-reactive ketones (excluding diaryl/α,β-unsaturated/α-hetero) is 2. The number of hydrogen-bond acceptors (Lipinski definition) is 4. The molecular weight excluding hydrogens is 347 g/mol. The number of rotatable bonds is 2. The number of phenolic OH excluding ortho intramolecular Hbond substituents is 2. The van der Waals surface area contributed by atoms with Crippen molar-refractivity contribution in [2.45, 2.75) is 13.8 Å². The van der Waals surface area contributed by atoms with Crippen molar-refractivity contribution in [3.63, 3.8) is 0 Å². The zero-order chi connectivity index (χ0) is 15.1. The zero-order valence-electron chi connectivity index (χ0n) is 11.8. The summed E-state index contributed by atoms with van der Waals surface area (Å²) in [6.45, 7) is 2.93. The summed E-state index contributed by atoms with van der Waals surface area (Å²) in [5.74, 6) is 0.201. The van der Waals surface area contributed by atoms with Crippen LogP contribution in [0.1, 0.15) is 34.6 Å². The minimum absolute atomic E-state index is 0. The van der Waals surface area contributed by atoms with E-state index in [0.717, 1.165) is 0 Å². The molecule has 2 aromatic rings. The molecule has 0 saturated carbocycles. The van der Waals surface area contributed by atoms with Crippen LogP contribution in [0.4, 0.5) is 0 Å². The molecule has 0 amide bonds. The SMILES string of the molecule is CC(=O)c1cccc(O)c1.CC(=O)c1cccc(O)c1.[Zr]. The van der Waals surface area contributed by atoms with Gasteiger partial charge in [-0.25, -0.2) is 0 Å². The quantitative estimate of drug-likeness (QED) is 0.804. The monoisotopic (exact) mass is 362 g/mol. The van der Waals surface area contributed by atoms with Gasteiger partial charge in [-0.2, -0.15) is 0 Å². The maximum absolute atomic E-state index is 10.7. The topological polar surface area (TPSA) is 74.6 Å². The molecule has 0 radical (unpaired) electrons. The molecular formula is C16H16O4Zr. The van der Waals surface area contributed by atoms with Gasteiger partial charge in [0.25, 0.3) is 0 Å². The number of carbonyl (C=O) groups excluding carboxylic acids is 2. The molecule has 0 aliphatic heterocycles. The molecule has 0 bridgehead atoms. The molecule has 108 valence electrons. The van der Waals surface area contributed by atoms with E-state index in [9.17, 15) is 9.59 Å². The number of carbonyl (C=O) groups is 2. The van der Waals surface area contributed by atoms with Crippen molar-refractivity contribution >= 4 is 11.6 Å². The molecule has 2 N–H and O–H groups in total. The first-order valence-electron chi connectivity index (χ1n) is 6.00. The second-order valence-electron chi connectivity index (χ2n) is 4.21. The molecule has 0 saturated heterocycles. The number of hydrogen-bond donors (Lipinski definition) is 2. The molecule has 0 heterocycles. The number of ketones is 2. The minimum atomic E-state index is -0.0316. The fraction of sp³-hybridized carbons (Fsp3) is 0.125. The van der Waals surface area contributed by atoms with E-state index < -0.39 is 0 Å². The second-order valence-corrected chi connectivity index (χ2v) is 4.21. The predicted octanol–water partition coefficient (Wildman–Crippen LogP) is 3.19. The summed E-state index contributed by atoms with van der Waals surface area (Å²) < 4.78 is 0. The largest absolute Gasteiger partial charge is 0.508 e. The van der Waals surface area contributed by atoms with Crippen molar-refractivity contribution in [3.05, 3.63) is 59.7 Å². The van der Waals surface area contributed by atoms with Gasteiger partial charge < -0.3 is 10.2 Å². The van der Waals surface area contributed by atoms with Gasteiger partial charge in [0.2, 0.25) is 0 Å². The molecule has 4 nitrogen and oxygen atoms in total. The van der Waals surface area contributed by atoms with E-state index in [1.54, 1.807) is 24.3 Å². The van der Waals surface area contributed by atoms with E-state index in [1.165, 1.54) is 38.1 Å². The van der Waals surface area contributed by atoms with Crippen LogP contribution in [0.25, 0.3) is 0 Å². The van der Waals surface area contributed by atoms with Gasteiger partial charge >= 0.3 is 0 Å². The van der Waals surface area contributed by atoms with Crippen LogP contribution in [0, 0.1) is 0 Å². The molecule has 2 aromatic carbocycles. The van der Waals surface area contributed by atoms with Gasteiger partial charge in [0.1, 0.15) is 11.5 Å². The maximum atomic E-state index is 10.7. The van der Waals surface area contributed by atoms with E-state index >= 15 is 0 Å². The van der Waals surface area contributed by atoms with E-state index in [0.29, 0.717) is 11.1 Å². The zero-order valence-corrected chi connectivity index (χ0v) is 14.3. The Kier molecular flexibility index (Phi) is 8.48. The molecule has 5 heteroatoms. The fourth-order valence-electron chi connectivity index (χ4n) is 1.45. The van der Waals surface area contributed by atoms with E-state index in [1.807, 2.05) is 0 Å². The van der Waals surface area contributed by atoms with Crippen molar-refractivity contribution in [2.24, 2.45) is 0 Å². The molecule has 0 fully saturated rings. The first-order chi connectivity index (χ1) is 9.40. The number of benzene rings is 2. The summed E-state index contributed by atoms with van der Waals surface area (Å²) in [4.78, 5) is 21.4. The van der Waals surface area contributed by atoms with E-state index in [-0.39, 0.29) is 49.3 Å². The fourth-order valence-corrected chi connectivity index (χ4v) is 1.45. The predicted molar refractivity (Wildman–Crippen MR) is 76.2 cm³/mol. The molecule has 21 heavy (non-hydrogen) atoms. The Morgan fingerprint density at radius 1 is 0.762 bits per heavy atom. The molecule has 0 spiro atoms. The van der Waals surface area contributed by atoms with Crippen molar-refractivity contribution in [1.82, 2.24) is 0 Å². The standard InChI is InChI=1S/2C8H8O2.Zr/c2*1-6(9)7-3-2-4-8(10)5-7;/h2*2-5,10H,1H3;. The molecule has 0 aromatic heterocycles. The summed E-state index contributed by atoms with van der Waals surface area (Å²) in [5.41, 5.74) is 1.08. The average Bonchev–Trinajstić information content (AvgIpc) is 2.39. The Balaban J connectivity index is 0.000000364. The van der Waals surface area contributed by atoms with Crippen molar-refractivity contribution in [1.29, 1.82) is 0 Å². The van der Waals surface area contributed by atoms with Gasteiger partial charge in [-0.3, -0.25) is 9.59 Å². The van der Waals surface area contributed by atoms with Crippen molar-refractivity contribution in [3.8, 4) is 11.5 Å². The van der Waals surface area contributed by atoms with Gasteiger partial charge in [-0.05, 0) is 38.1 Å². The minimum Gasteiger partial charge on any atom is -0.508 e. The second kappa shape index (κ2) is 9.25. The van der Waals surface area contributed by atoms with Crippen molar-refractivity contribution in [2.75, 3.05) is 0 Å². The summed E-state index contributed by atoms with van der Waals surface area (Å²) in [6, 6.07) is 12.6. The Labute approximate surface area is 142 Å². The van der Waals surface area contributed by atoms with Crippen LogP contribution in [0.2, 0.25) is 0 Å². The third-order valence-electron chi connectivity index (χ3n) is 2.51. The summed E-state index contributed by atoms with van der Waals surface area (Å²) in [6.07, 6.45) is 0. The van der Waals surface area contributed by atoms with Gasteiger partial charge in [0, 0.05) is 37.3 Å². The number of phenols is 2. The molecule has 0 aliphatic carbocycles. The summed E-state index contributed by atoms with van der Waals surface area (Å²) in [5, 5.41) is 17.8. The first-order valence-corrected chi connectivity index (χ1v) is 6.00. The molecule has 0 atom stereocenters. The maximum Gasteiger partial charge on any atom is 0.159 e. The van der Waals surface area contributed by atoms with Gasteiger partial charge in [0.15, 0.2) is 11.6 Å². The van der Waals surface area contributed by atoms with Gasteiger partial charge in [0.05, 0.1) is 0 Å².